The van der Waals surface area contributed by atoms with Gasteiger partial charge in [-0.25, -0.2) is 8.42 Å². The van der Waals surface area contributed by atoms with Gasteiger partial charge in [0, 0.05) is 22.0 Å². The first-order valence-electron chi connectivity index (χ1n) is 13.9. The summed E-state index contributed by atoms with van der Waals surface area (Å²) in [5.74, 6) is -1.94. The summed E-state index contributed by atoms with van der Waals surface area (Å²) in [4.78, 5) is 28.9. The molecule has 41 heavy (non-hydrogen) atoms. The standard InChI is InChI=1S/C32H33Cl2NO5S/c1-2-32(19-29(36)37)18-27(23-7-6-8-25(34)17-23)30(22-13-15-24(33)16-14-22)35(31(32)38)28(21-11-12-21)20-41(39,40)26-9-4-3-5-10-26/h3-10,13-17,21,27-28,30H,2,11-12,18-20H2,1H3,(H,36,37)/t27?,28-,30-,32-/m1/s1. The Labute approximate surface area is 251 Å². The van der Waals surface area contributed by atoms with E-state index in [0.29, 0.717) is 22.9 Å². The van der Waals surface area contributed by atoms with Gasteiger partial charge in [-0.2, -0.15) is 0 Å². The van der Waals surface area contributed by atoms with Crippen LogP contribution >= 0.6 is 23.2 Å². The van der Waals surface area contributed by atoms with Crippen molar-refractivity contribution in [2.75, 3.05) is 5.75 Å². The average molecular weight is 615 g/mol. The molecule has 1 saturated heterocycles. The van der Waals surface area contributed by atoms with Gasteiger partial charge in [0.15, 0.2) is 9.84 Å². The molecule has 3 aromatic rings. The predicted molar refractivity (Wildman–Crippen MR) is 160 cm³/mol. The van der Waals surface area contributed by atoms with Crippen molar-refractivity contribution in [3.05, 3.63) is 100 Å². The van der Waals surface area contributed by atoms with Crippen LogP contribution in [-0.4, -0.2) is 42.1 Å². The van der Waals surface area contributed by atoms with Gasteiger partial charge in [0.1, 0.15) is 0 Å². The molecule has 1 aliphatic carbocycles. The largest absolute Gasteiger partial charge is 0.481 e. The zero-order valence-electron chi connectivity index (χ0n) is 22.7. The highest BCUT2D eigenvalue weighted by Gasteiger charge is 2.56. The van der Waals surface area contributed by atoms with Crippen LogP contribution < -0.4 is 0 Å². The highest BCUT2D eigenvalue weighted by Crippen LogP contribution is 2.55. The first kappa shape index (κ1) is 29.6. The molecule has 1 aliphatic heterocycles. The molecule has 1 unspecified atom stereocenters. The maximum Gasteiger partial charge on any atom is 0.304 e. The van der Waals surface area contributed by atoms with Gasteiger partial charge in [-0.1, -0.05) is 72.6 Å². The van der Waals surface area contributed by atoms with Crippen LogP contribution in [0.25, 0.3) is 0 Å². The lowest BCUT2D eigenvalue weighted by atomic mass is 9.65. The Morgan fingerprint density at radius 3 is 2.24 bits per heavy atom. The summed E-state index contributed by atoms with van der Waals surface area (Å²) < 4.78 is 27.5. The topological polar surface area (TPSA) is 91.8 Å². The maximum atomic E-state index is 14.7. The molecule has 5 rings (SSSR count). The minimum absolute atomic E-state index is 0.00951. The number of nitrogens with zero attached hydrogens (tertiary/aromatic N) is 1. The van der Waals surface area contributed by atoms with Crippen LogP contribution in [0.2, 0.25) is 10.0 Å². The summed E-state index contributed by atoms with van der Waals surface area (Å²) in [5.41, 5.74) is 0.486. The van der Waals surface area contributed by atoms with E-state index in [4.69, 9.17) is 23.2 Å². The number of sulfone groups is 1. The van der Waals surface area contributed by atoms with Crippen LogP contribution in [0.1, 0.15) is 62.1 Å². The second-order valence-corrected chi connectivity index (χ2v) is 14.2. The molecular weight excluding hydrogens is 581 g/mol. The van der Waals surface area contributed by atoms with Crippen molar-refractivity contribution in [3.8, 4) is 0 Å². The highest BCUT2D eigenvalue weighted by atomic mass is 35.5. The molecule has 216 valence electrons. The minimum atomic E-state index is -3.76. The molecule has 9 heteroatoms. The number of likely N-dealkylation sites (tertiary alicyclic amines) is 1. The molecule has 4 atom stereocenters. The second kappa shape index (κ2) is 11.8. The fraction of sp³-hybridized carbons (Fsp3) is 0.375. The lowest BCUT2D eigenvalue weighted by Gasteiger charge is -2.53. The normalized spacial score (nSPS) is 23.8. The van der Waals surface area contributed by atoms with Crippen LogP contribution in [0.15, 0.2) is 83.8 Å². The fourth-order valence-corrected chi connectivity index (χ4v) is 8.36. The van der Waals surface area contributed by atoms with Gasteiger partial charge in [-0.3, -0.25) is 9.59 Å². The van der Waals surface area contributed by atoms with E-state index >= 15 is 0 Å². The van der Waals surface area contributed by atoms with Crippen LogP contribution in [0.5, 0.6) is 0 Å². The first-order chi connectivity index (χ1) is 19.5. The van der Waals surface area contributed by atoms with Gasteiger partial charge >= 0.3 is 5.97 Å². The van der Waals surface area contributed by atoms with Crippen molar-refractivity contribution in [2.45, 2.75) is 61.9 Å². The number of hydrogen-bond donors (Lipinski definition) is 1. The van der Waals surface area contributed by atoms with E-state index in [1.54, 1.807) is 53.4 Å². The van der Waals surface area contributed by atoms with E-state index in [1.807, 2.05) is 37.3 Å². The van der Waals surface area contributed by atoms with E-state index in [0.717, 1.165) is 24.0 Å². The summed E-state index contributed by atoms with van der Waals surface area (Å²) in [6.45, 7) is 1.84. The number of carbonyl (C=O) groups is 2. The Kier molecular flexibility index (Phi) is 8.51. The summed E-state index contributed by atoms with van der Waals surface area (Å²) in [5, 5.41) is 11.0. The van der Waals surface area contributed by atoms with E-state index in [1.165, 1.54) is 0 Å². The van der Waals surface area contributed by atoms with Gasteiger partial charge in [-0.05, 0) is 79.1 Å². The third-order valence-electron chi connectivity index (χ3n) is 8.65. The summed E-state index contributed by atoms with van der Waals surface area (Å²) >= 11 is 12.7. The zero-order valence-corrected chi connectivity index (χ0v) is 25.1. The lowest BCUT2D eigenvalue weighted by Crippen LogP contribution is -2.58. The van der Waals surface area contributed by atoms with Gasteiger partial charge in [0.05, 0.1) is 28.5 Å². The van der Waals surface area contributed by atoms with Crippen LogP contribution in [-0.2, 0) is 19.4 Å². The molecule has 1 amide bonds. The molecule has 6 nitrogen and oxygen atoms in total. The van der Waals surface area contributed by atoms with Crippen molar-refractivity contribution >= 4 is 44.9 Å². The number of carbonyl (C=O) groups excluding carboxylic acids is 1. The Hall–Kier alpha value is -2.87. The molecule has 0 aromatic heterocycles. The number of piperidine rings is 1. The minimum Gasteiger partial charge on any atom is -0.481 e. The number of halogens is 2. The number of aliphatic carboxylic acids is 1. The lowest BCUT2D eigenvalue weighted by molar-refractivity contribution is -0.162. The predicted octanol–water partition coefficient (Wildman–Crippen LogP) is 7.17. The molecule has 2 aliphatic rings. The van der Waals surface area contributed by atoms with Crippen molar-refractivity contribution in [2.24, 2.45) is 11.3 Å². The molecule has 0 radical (unpaired) electrons. The smallest absolute Gasteiger partial charge is 0.304 e. The average Bonchev–Trinajstić information content (AvgIpc) is 3.79. The van der Waals surface area contributed by atoms with Crippen molar-refractivity contribution in [3.63, 3.8) is 0 Å². The number of hydrogen-bond acceptors (Lipinski definition) is 4. The number of rotatable bonds is 10. The molecular formula is C32H33Cl2NO5S. The molecule has 1 saturated carbocycles. The third-order valence-corrected chi connectivity index (χ3v) is 10.9. The Morgan fingerprint density at radius 1 is 0.976 bits per heavy atom. The molecule has 0 bridgehead atoms. The molecule has 2 fully saturated rings. The molecule has 1 heterocycles. The highest BCUT2D eigenvalue weighted by molar-refractivity contribution is 7.91. The SMILES string of the molecule is CC[C@]1(CC(=O)O)CC(c2cccc(Cl)c2)[C@@H](c2ccc(Cl)cc2)N([C@H](CS(=O)(=O)c2ccccc2)C2CC2)C1=O. The first-order valence-corrected chi connectivity index (χ1v) is 16.3. The monoisotopic (exact) mass is 613 g/mol. The summed E-state index contributed by atoms with van der Waals surface area (Å²) in [6, 6.07) is 21.8. The van der Waals surface area contributed by atoms with Crippen molar-refractivity contribution in [1.82, 2.24) is 4.90 Å². The van der Waals surface area contributed by atoms with Gasteiger partial charge in [0.2, 0.25) is 5.91 Å². The van der Waals surface area contributed by atoms with E-state index in [9.17, 15) is 23.1 Å². The van der Waals surface area contributed by atoms with Gasteiger partial charge < -0.3 is 10.0 Å². The molecule has 0 spiro atoms. The number of carboxylic acids is 1. The Balaban J connectivity index is 1.71. The number of benzene rings is 3. The van der Waals surface area contributed by atoms with Gasteiger partial charge in [-0.15, -0.1) is 0 Å². The maximum absolute atomic E-state index is 14.7. The molecule has 3 aromatic carbocycles. The number of carboxylic acid groups (broad SMARTS) is 1. The van der Waals surface area contributed by atoms with E-state index < -0.39 is 33.3 Å². The fourth-order valence-electron chi connectivity index (χ4n) is 6.39. The number of amides is 1. The molecule has 1 N–H and O–H groups in total. The second-order valence-electron chi connectivity index (χ2n) is 11.3. The van der Waals surface area contributed by atoms with Crippen molar-refractivity contribution < 1.29 is 23.1 Å². The van der Waals surface area contributed by atoms with Crippen LogP contribution in [0.3, 0.4) is 0 Å². The van der Waals surface area contributed by atoms with Gasteiger partial charge in [0.25, 0.3) is 0 Å². The van der Waals surface area contributed by atoms with E-state index in [2.05, 4.69) is 0 Å². The Bertz CT molecular complexity index is 1530. The summed E-state index contributed by atoms with van der Waals surface area (Å²) in [7, 11) is -3.76. The Morgan fingerprint density at radius 2 is 1.66 bits per heavy atom. The van der Waals surface area contributed by atoms with Crippen LogP contribution in [0, 0.1) is 11.3 Å². The zero-order chi connectivity index (χ0) is 29.4. The summed E-state index contributed by atoms with van der Waals surface area (Å²) in [6.07, 6.45) is 1.85. The van der Waals surface area contributed by atoms with E-state index in [-0.39, 0.29) is 34.8 Å². The third kappa shape index (κ3) is 6.18. The van der Waals surface area contributed by atoms with Crippen molar-refractivity contribution in [1.29, 1.82) is 0 Å². The quantitative estimate of drug-likeness (QED) is 0.261. The van der Waals surface area contributed by atoms with Crippen LogP contribution in [0.4, 0.5) is 0 Å².